The van der Waals surface area contributed by atoms with Gasteiger partial charge in [0.1, 0.15) is 5.84 Å². The van der Waals surface area contributed by atoms with Gasteiger partial charge in [0, 0.05) is 17.8 Å². The van der Waals surface area contributed by atoms with Crippen molar-refractivity contribution in [2.75, 3.05) is 0 Å². The van der Waals surface area contributed by atoms with Gasteiger partial charge < -0.3 is 4.72 Å². The molecule has 14 heavy (non-hydrogen) atoms. The highest BCUT2D eigenvalue weighted by Gasteiger charge is 2.22. The molecule has 0 atom stereocenters. The summed E-state index contributed by atoms with van der Waals surface area (Å²) in [5.74, 6) is 1.02. The van der Waals surface area contributed by atoms with Crippen LogP contribution in [0.25, 0.3) is 0 Å². The normalized spacial score (nSPS) is 15.5. The maximum Gasteiger partial charge on any atom is 0.118 e. The fraction of sp³-hybridized carbons (Fsp3) is 0.400. The predicted octanol–water partition coefficient (Wildman–Crippen LogP) is 2.77. The zero-order chi connectivity index (χ0) is 10.2. The van der Waals surface area contributed by atoms with Crippen LogP contribution in [0, 0.1) is 5.41 Å². The van der Waals surface area contributed by atoms with Crippen molar-refractivity contribution in [2.45, 2.75) is 25.7 Å². The largest absolute Gasteiger partial charge is 0.313 e. The molecule has 0 spiro atoms. The van der Waals surface area contributed by atoms with Crippen molar-refractivity contribution >= 4 is 23.5 Å². The van der Waals surface area contributed by atoms with E-state index in [1.807, 2.05) is 12.3 Å². The Morgan fingerprint density at radius 3 is 2.86 bits per heavy atom. The number of hydrogen-bond acceptors (Lipinski definition) is 4. The number of hydrogen-bond donors (Lipinski definition) is 1. The lowest BCUT2D eigenvalue weighted by atomic mass is 9.95. The molecule has 1 aromatic heterocycles. The average molecular weight is 207 g/mol. The van der Waals surface area contributed by atoms with Gasteiger partial charge in [0.2, 0.25) is 0 Å². The highest BCUT2D eigenvalue weighted by atomic mass is 32.2. The first-order valence-electron chi connectivity index (χ1n) is 4.53. The maximum absolute atomic E-state index is 4.56. The second-order valence-corrected chi connectivity index (χ2v) is 5.11. The van der Waals surface area contributed by atoms with Crippen molar-refractivity contribution in [3.05, 3.63) is 18.5 Å². The molecule has 0 aliphatic carbocycles. The highest BCUT2D eigenvalue weighted by molar-refractivity contribution is 7.98. The maximum atomic E-state index is 4.56. The van der Waals surface area contributed by atoms with Gasteiger partial charge in [-0.1, -0.05) is 20.8 Å². The molecule has 1 aromatic rings. The molecule has 1 aliphatic heterocycles. The summed E-state index contributed by atoms with van der Waals surface area (Å²) in [4.78, 5) is 9.70. The molecule has 0 saturated heterocycles. The molecule has 0 saturated carbocycles. The Morgan fingerprint density at radius 1 is 1.36 bits per heavy atom. The molecule has 0 unspecified atom stereocenters. The van der Waals surface area contributed by atoms with Crippen molar-refractivity contribution in [3.63, 3.8) is 0 Å². The molecule has 1 N–H and O–H groups in total. The molecule has 74 valence electrons. The van der Waals surface area contributed by atoms with E-state index in [1.165, 1.54) is 0 Å². The summed E-state index contributed by atoms with van der Waals surface area (Å²) in [5, 5.41) is 0. The van der Waals surface area contributed by atoms with Crippen molar-refractivity contribution in [1.82, 2.24) is 9.71 Å². The van der Waals surface area contributed by atoms with E-state index in [0.29, 0.717) is 0 Å². The van der Waals surface area contributed by atoms with Crippen LogP contribution < -0.4 is 4.72 Å². The fourth-order valence-corrected chi connectivity index (χ4v) is 2.00. The minimum absolute atomic E-state index is 0.0635. The molecule has 3 nitrogen and oxygen atoms in total. The average Bonchev–Trinajstić information content (AvgIpc) is 2.16. The Balaban J connectivity index is 2.41. The van der Waals surface area contributed by atoms with Gasteiger partial charge in [-0.2, -0.15) is 0 Å². The number of aromatic nitrogens is 1. The number of nitrogens with one attached hydrogen (secondary N) is 1. The van der Waals surface area contributed by atoms with Crippen LogP contribution >= 0.6 is 11.9 Å². The lowest BCUT2D eigenvalue weighted by molar-refractivity contribution is 0.580. The lowest BCUT2D eigenvalue weighted by Gasteiger charge is -2.25. The zero-order valence-corrected chi connectivity index (χ0v) is 9.35. The smallest absolute Gasteiger partial charge is 0.118 e. The second kappa shape index (κ2) is 3.28. The summed E-state index contributed by atoms with van der Waals surface area (Å²) in [7, 11) is 0. The van der Waals surface area contributed by atoms with E-state index >= 15 is 0 Å². The molecule has 1 aliphatic rings. The molecule has 0 bridgehead atoms. The molecule has 2 heterocycles. The van der Waals surface area contributed by atoms with Crippen LogP contribution in [-0.4, -0.2) is 10.8 Å². The summed E-state index contributed by atoms with van der Waals surface area (Å²) in [6.45, 7) is 6.43. The van der Waals surface area contributed by atoms with Gasteiger partial charge >= 0.3 is 0 Å². The molecular formula is C10H13N3S. The van der Waals surface area contributed by atoms with Crippen LogP contribution in [0.4, 0.5) is 5.69 Å². The van der Waals surface area contributed by atoms with Gasteiger partial charge in [0.15, 0.2) is 0 Å². The summed E-state index contributed by atoms with van der Waals surface area (Å²) < 4.78 is 3.24. The SMILES string of the molecule is CC(C)(C)C1=Nc2ccncc2SN1. The van der Waals surface area contributed by atoms with E-state index in [9.17, 15) is 0 Å². The Labute approximate surface area is 88.2 Å². The van der Waals surface area contributed by atoms with Crippen molar-refractivity contribution in [3.8, 4) is 0 Å². The summed E-state index contributed by atoms with van der Waals surface area (Å²) in [5.41, 5.74) is 1.07. The molecule has 4 heteroatoms. The Morgan fingerprint density at radius 2 is 2.14 bits per heavy atom. The number of pyridine rings is 1. The number of aliphatic imine (C=N–C) groups is 1. The highest BCUT2D eigenvalue weighted by Crippen LogP contribution is 2.33. The summed E-state index contributed by atoms with van der Waals surface area (Å²) in [6.07, 6.45) is 3.60. The quantitative estimate of drug-likeness (QED) is 0.665. The fourth-order valence-electron chi connectivity index (χ4n) is 1.11. The number of fused-ring (bicyclic) bond motifs is 1. The molecule has 0 aromatic carbocycles. The third-order valence-electron chi connectivity index (χ3n) is 1.96. The van der Waals surface area contributed by atoms with E-state index in [-0.39, 0.29) is 5.41 Å². The third kappa shape index (κ3) is 1.75. The minimum Gasteiger partial charge on any atom is -0.313 e. The zero-order valence-electron chi connectivity index (χ0n) is 8.53. The van der Waals surface area contributed by atoms with Gasteiger partial charge in [0.05, 0.1) is 10.6 Å². The Bertz CT molecular complexity index is 379. The third-order valence-corrected chi connectivity index (χ3v) is 2.79. The van der Waals surface area contributed by atoms with Gasteiger partial charge in [-0.05, 0) is 18.0 Å². The van der Waals surface area contributed by atoms with Crippen LogP contribution in [0.15, 0.2) is 28.3 Å². The standard InChI is InChI=1S/C10H13N3S/c1-10(2,3)9-12-7-4-5-11-6-8(7)14-13-9/h4-6H,1-3H3,(H,12,13). The van der Waals surface area contributed by atoms with E-state index in [2.05, 4.69) is 35.5 Å². The summed E-state index contributed by atoms with van der Waals surface area (Å²) in [6, 6.07) is 1.94. The van der Waals surface area contributed by atoms with E-state index in [1.54, 1.807) is 18.1 Å². The summed E-state index contributed by atoms with van der Waals surface area (Å²) >= 11 is 1.58. The molecular weight excluding hydrogens is 194 g/mol. The van der Waals surface area contributed by atoms with Gasteiger partial charge in [0.25, 0.3) is 0 Å². The van der Waals surface area contributed by atoms with Crippen molar-refractivity contribution < 1.29 is 0 Å². The number of nitrogens with zero attached hydrogens (tertiary/aromatic N) is 2. The Hall–Kier alpha value is -1.03. The molecule has 2 rings (SSSR count). The number of amidine groups is 1. The predicted molar refractivity (Wildman–Crippen MR) is 59.8 cm³/mol. The van der Waals surface area contributed by atoms with Crippen molar-refractivity contribution in [1.29, 1.82) is 0 Å². The van der Waals surface area contributed by atoms with E-state index in [4.69, 9.17) is 0 Å². The first-order valence-corrected chi connectivity index (χ1v) is 5.35. The molecule has 0 fully saturated rings. The molecule has 0 amide bonds. The second-order valence-electron chi connectivity index (χ2n) is 4.26. The molecule has 0 radical (unpaired) electrons. The van der Waals surface area contributed by atoms with Gasteiger partial charge in [-0.15, -0.1) is 0 Å². The Kier molecular flexibility index (Phi) is 2.23. The monoisotopic (exact) mass is 207 g/mol. The van der Waals surface area contributed by atoms with Crippen LogP contribution in [-0.2, 0) is 0 Å². The first-order chi connectivity index (χ1) is 6.57. The lowest BCUT2D eigenvalue weighted by Crippen LogP contribution is -2.32. The minimum atomic E-state index is 0.0635. The van der Waals surface area contributed by atoms with Gasteiger partial charge in [-0.3, -0.25) is 4.98 Å². The van der Waals surface area contributed by atoms with E-state index in [0.717, 1.165) is 16.4 Å². The first kappa shape index (κ1) is 9.52. The van der Waals surface area contributed by atoms with Crippen LogP contribution in [0.5, 0.6) is 0 Å². The van der Waals surface area contributed by atoms with Crippen LogP contribution in [0.3, 0.4) is 0 Å². The van der Waals surface area contributed by atoms with Gasteiger partial charge in [-0.25, -0.2) is 4.99 Å². The van der Waals surface area contributed by atoms with Crippen LogP contribution in [0.1, 0.15) is 20.8 Å². The topological polar surface area (TPSA) is 37.3 Å². The van der Waals surface area contributed by atoms with Crippen LogP contribution in [0.2, 0.25) is 0 Å². The van der Waals surface area contributed by atoms with Crippen molar-refractivity contribution in [2.24, 2.45) is 10.4 Å². The van der Waals surface area contributed by atoms with E-state index < -0.39 is 0 Å². The number of rotatable bonds is 0.